The molecule has 18 aromatic rings. The molecule has 0 bridgehead atoms. The van der Waals surface area contributed by atoms with Crippen molar-refractivity contribution < 1.29 is 65.5 Å². The van der Waals surface area contributed by atoms with Crippen molar-refractivity contribution in [1.29, 1.82) is 0 Å². The Hall–Kier alpha value is -17.6. The standard InChI is InChI=1S/C26H19FN6O.C24H23FN4O3.C20H15FN4O3.C17H21N3O3.C7H4FNS.C6H8N2/c1-33-24-11-10-18(14-22(24)32-26(33)29-17-8-6-16(27)7-9-17)34-19-12-13-28-23(15-19)25-30-20-4-2-3-5-21(20)31-25;1-24(2,3)32-22(30)20-14-18(11-12-26-20)31-17-9-10-21-19(13-17)28-23(29(21)4)27-16-7-5-15(25)6-8-16;1-25-18-7-6-14(28-15-8-9-22-17(11-15)19(26)27)10-16(18)24-20(25)23-13-4-2-12(21)3-5-13;1-17(2,3)23-16(21)15-10-12(7-8-20-15)22-11-5-6-14(19-4)13(18)9-11;8-6-1-3-7(4-2-6)9-5-10;7-5-3-1-2-4-6(5)8/h2-15H,1H3,(H,29,32)(H,30,31);5-14H,1-4H3,(H,27,28);2-11H,1H3,(H,23,24)(H,26,27);5-10,19H,18H2,1-4H3;1-4H;1-4H,7-8H2. The van der Waals surface area contributed by atoms with Crippen molar-refractivity contribution in [2.75, 3.05) is 45.5 Å². The molecule has 10 aromatic carbocycles. The average molecular weight is 1840 g/mol. The molecular weight excluding hydrogens is 1750 g/mol. The first kappa shape index (κ1) is 95.0. The number of isothiocyanates is 1. The molecule has 0 saturated heterocycles. The number of pyridine rings is 4. The van der Waals surface area contributed by atoms with Gasteiger partial charge in [0.2, 0.25) is 17.8 Å². The van der Waals surface area contributed by atoms with Crippen molar-refractivity contribution in [3.8, 4) is 57.5 Å². The minimum atomic E-state index is -1.12. The molecule has 0 aliphatic carbocycles. The number of fused-ring (bicyclic) bond motifs is 4. The third-order valence-electron chi connectivity index (χ3n) is 19.1. The molecular formula is C100H90F4N20O10S. The number of anilines is 10. The van der Waals surface area contributed by atoms with E-state index in [0.717, 1.165) is 55.7 Å². The van der Waals surface area contributed by atoms with Gasteiger partial charge in [-0.25, -0.2) is 66.8 Å². The number of thiocarbonyl (C=S) groups is 1. The van der Waals surface area contributed by atoms with Crippen LogP contribution in [-0.4, -0.2) is 105 Å². The Morgan fingerprint density at radius 2 is 0.756 bits per heavy atom. The quantitative estimate of drug-likeness (QED) is 0.0112. The summed E-state index contributed by atoms with van der Waals surface area (Å²) in [5.74, 6) is 3.50. The molecule has 0 aliphatic heterocycles. The molecule has 8 aromatic heterocycles. The Bertz CT molecular complexity index is 7240. The lowest BCUT2D eigenvalue weighted by molar-refractivity contribution is 0.00502. The number of carbonyl (C=O) groups is 3. The highest BCUT2D eigenvalue weighted by atomic mass is 32.1. The maximum absolute atomic E-state index is 13.2. The predicted molar refractivity (Wildman–Crippen MR) is 518 cm³/mol. The molecule has 0 amide bonds. The van der Waals surface area contributed by atoms with Crippen molar-refractivity contribution in [2.24, 2.45) is 26.1 Å². The number of benzene rings is 10. The van der Waals surface area contributed by atoms with Crippen molar-refractivity contribution in [2.45, 2.75) is 52.7 Å². The fourth-order valence-electron chi connectivity index (χ4n) is 12.6. The van der Waals surface area contributed by atoms with Gasteiger partial charge in [-0.3, -0.25) is 4.98 Å². The SMILES string of the molecule is CNc1ccc(Oc2ccnc(C(=O)OC(C)(C)C)c2)cc1N.Cn1c(Nc2ccc(F)cc2)nc2cc(Oc3ccnc(-c4nc5ccccc5[nH]4)c3)ccc21.Cn1c(Nc2ccc(F)cc2)nc2cc(Oc3ccnc(C(=O)O)c3)ccc21.Cn1c(Nc2ccc(F)cc2)nc2cc(Oc3ccnc(C(=O)OC(C)(C)C)c3)ccc21.Fc1ccc(N=C=S)cc1.Nc1ccccc1N. The smallest absolute Gasteiger partial charge is 0.357 e. The van der Waals surface area contributed by atoms with E-state index in [-0.39, 0.29) is 40.4 Å². The maximum atomic E-state index is 13.2. The number of halogens is 4. The van der Waals surface area contributed by atoms with Gasteiger partial charge in [0.25, 0.3) is 0 Å². The summed E-state index contributed by atoms with van der Waals surface area (Å²) in [5.41, 5.74) is 28.7. The number of nitrogens with zero attached hydrogens (tertiary/aromatic N) is 12. The molecule has 18 rings (SSSR count). The fraction of sp³-hybridized carbons (Fsp3) is 0.120. The maximum Gasteiger partial charge on any atom is 0.357 e. The van der Waals surface area contributed by atoms with E-state index in [1.54, 1.807) is 158 Å². The normalized spacial score (nSPS) is 10.8. The topological polar surface area (TPSA) is 399 Å². The first-order valence-electron chi connectivity index (χ1n) is 41.4. The number of nitrogens with one attached hydrogen (secondary N) is 5. The first-order valence-corrected chi connectivity index (χ1v) is 41.8. The Morgan fingerprint density at radius 1 is 0.407 bits per heavy atom. The molecule has 684 valence electrons. The van der Waals surface area contributed by atoms with Crippen LogP contribution in [0.15, 0.2) is 297 Å². The number of imidazole rings is 4. The lowest BCUT2D eigenvalue weighted by Gasteiger charge is -2.19. The number of aryl methyl sites for hydroxylation is 3. The number of rotatable bonds is 20. The Labute approximate surface area is 776 Å². The summed E-state index contributed by atoms with van der Waals surface area (Å²) in [6.45, 7) is 10.8. The second-order valence-corrected chi connectivity index (χ2v) is 31.6. The van der Waals surface area contributed by atoms with E-state index in [4.69, 9.17) is 50.7 Å². The summed E-state index contributed by atoms with van der Waals surface area (Å²) < 4.78 is 91.5. The van der Waals surface area contributed by atoms with Crippen molar-refractivity contribution >= 4 is 143 Å². The molecule has 0 radical (unpaired) electrons. The minimum Gasteiger partial charge on any atom is -0.477 e. The minimum absolute atomic E-state index is 0.0952. The van der Waals surface area contributed by atoms with Gasteiger partial charge < -0.3 is 90.7 Å². The van der Waals surface area contributed by atoms with Crippen LogP contribution in [0.25, 0.3) is 55.7 Å². The van der Waals surface area contributed by atoms with Gasteiger partial charge in [0.05, 0.1) is 77.7 Å². The number of para-hydroxylation sites is 4. The zero-order valence-electron chi connectivity index (χ0n) is 74.4. The van der Waals surface area contributed by atoms with Crippen LogP contribution < -0.4 is 57.4 Å². The highest BCUT2D eigenvalue weighted by molar-refractivity contribution is 7.78. The molecule has 30 nitrogen and oxygen atoms in total. The second kappa shape index (κ2) is 43.2. The molecule has 12 N–H and O–H groups in total. The van der Waals surface area contributed by atoms with E-state index in [1.807, 2.05) is 120 Å². The van der Waals surface area contributed by atoms with Gasteiger partial charge >= 0.3 is 17.9 Å². The number of H-pyrrole nitrogens is 1. The molecule has 8 heterocycles. The molecule has 0 saturated carbocycles. The number of aliphatic imine (C=N–C) groups is 1. The number of hydrogen-bond donors (Lipinski definition) is 9. The zero-order chi connectivity index (χ0) is 96.0. The second-order valence-electron chi connectivity index (χ2n) is 31.5. The first-order chi connectivity index (χ1) is 64.7. The van der Waals surface area contributed by atoms with Gasteiger partial charge in [-0.1, -0.05) is 24.3 Å². The number of carboxylic acids is 1. The van der Waals surface area contributed by atoms with Crippen LogP contribution in [-0.2, 0) is 30.6 Å². The number of aromatic nitrogens is 12. The van der Waals surface area contributed by atoms with Crippen LogP contribution in [0.4, 0.5) is 80.9 Å². The Kier molecular flexibility index (Phi) is 30.4. The lowest BCUT2D eigenvalue weighted by atomic mass is 10.2. The zero-order valence-corrected chi connectivity index (χ0v) is 75.2. The molecule has 0 atom stereocenters. The number of aromatic carboxylic acids is 1. The highest BCUT2D eigenvalue weighted by Crippen LogP contribution is 2.36. The van der Waals surface area contributed by atoms with Gasteiger partial charge in [-0.05, 0) is 248 Å². The highest BCUT2D eigenvalue weighted by Gasteiger charge is 2.23. The number of nitrogen functional groups attached to an aromatic ring is 3. The largest absolute Gasteiger partial charge is 0.477 e. The third kappa shape index (κ3) is 26.6. The van der Waals surface area contributed by atoms with Gasteiger partial charge in [-0.15, -0.1) is 0 Å². The molecule has 35 heteroatoms. The van der Waals surface area contributed by atoms with E-state index in [0.29, 0.717) is 109 Å². The number of hydrogen-bond acceptors (Lipinski definition) is 26. The summed E-state index contributed by atoms with van der Waals surface area (Å²) >= 11 is 4.36. The number of carboxylic acid groups (broad SMARTS) is 1. The summed E-state index contributed by atoms with van der Waals surface area (Å²) in [7, 11) is 7.47. The number of carbonyl (C=O) groups excluding carboxylic acids is 2. The van der Waals surface area contributed by atoms with Crippen molar-refractivity contribution in [3.05, 3.63) is 332 Å². The van der Waals surface area contributed by atoms with E-state index in [1.165, 1.54) is 97.5 Å². The fourth-order valence-corrected chi connectivity index (χ4v) is 12.7. The molecule has 0 spiro atoms. The van der Waals surface area contributed by atoms with Crippen LogP contribution >= 0.6 is 12.2 Å². The van der Waals surface area contributed by atoms with E-state index in [9.17, 15) is 31.9 Å². The Morgan fingerprint density at radius 3 is 1.13 bits per heavy atom. The van der Waals surface area contributed by atoms with Crippen LogP contribution in [0.2, 0.25) is 0 Å². The molecule has 135 heavy (non-hydrogen) atoms. The van der Waals surface area contributed by atoms with Gasteiger partial charge in [-0.2, -0.15) is 4.99 Å². The van der Waals surface area contributed by atoms with Gasteiger partial charge in [0.1, 0.15) is 86.2 Å². The van der Waals surface area contributed by atoms with Crippen molar-refractivity contribution in [3.63, 3.8) is 0 Å². The summed E-state index contributed by atoms with van der Waals surface area (Å²) in [6.07, 6.45) is 6.07. The monoisotopic (exact) mass is 1840 g/mol. The average Bonchev–Trinajstić information content (AvgIpc) is 1.65. The van der Waals surface area contributed by atoms with Crippen LogP contribution in [0, 0.1) is 23.3 Å². The molecule has 0 fully saturated rings. The van der Waals surface area contributed by atoms with E-state index in [2.05, 4.69) is 88.5 Å². The number of nitrogens with two attached hydrogens (primary N) is 3. The summed E-state index contributed by atoms with van der Waals surface area (Å²) in [4.78, 5) is 77.0. The summed E-state index contributed by atoms with van der Waals surface area (Å²) in [6, 6.07) is 74.0. The van der Waals surface area contributed by atoms with Gasteiger partial charge in [0.15, 0.2) is 22.9 Å². The Balaban J connectivity index is 0.000000144. The van der Waals surface area contributed by atoms with E-state index < -0.39 is 29.1 Å². The van der Waals surface area contributed by atoms with Crippen LogP contribution in [0.1, 0.15) is 73.0 Å². The predicted octanol–water partition coefficient (Wildman–Crippen LogP) is 23.0. The lowest BCUT2D eigenvalue weighted by Crippen LogP contribution is -2.24. The van der Waals surface area contributed by atoms with E-state index >= 15 is 0 Å². The van der Waals surface area contributed by atoms with Crippen LogP contribution in [0.5, 0.6) is 46.0 Å². The molecule has 0 unspecified atom stereocenters. The number of esters is 2. The third-order valence-corrected chi connectivity index (χ3v) is 19.2. The van der Waals surface area contributed by atoms with Gasteiger partial charge in [0, 0.05) is 119 Å². The number of ether oxygens (including phenoxy) is 6. The number of aromatic amines is 1. The summed E-state index contributed by atoms with van der Waals surface area (Å²) in [5, 5.41) is 23.7. The van der Waals surface area contributed by atoms with Crippen LogP contribution in [0.3, 0.4) is 0 Å². The van der Waals surface area contributed by atoms with Crippen molar-refractivity contribution in [1.82, 2.24) is 58.6 Å². The molecule has 0 aliphatic rings.